The molecule has 2 heteroatoms. The summed E-state index contributed by atoms with van der Waals surface area (Å²) in [6.45, 7) is 4.50. The van der Waals surface area contributed by atoms with Gasteiger partial charge >= 0.3 is 0 Å². The average Bonchev–Trinajstić information content (AvgIpc) is 2.20. The van der Waals surface area contributed by atoms with Crippen LogP contribution in [0.1, 0.15) is 26.0 Å². The highest BCUT2D eigenvalue weighted by Crippen LogP contribution is 2.09. The van der Waals surface area contributed by atoms with Gasteiger partial charge < -0.3 is 5.32 Å². The molecule has 1 N–H and O–H groups in total. The maximum atomic E-state index is 4.32. The van der Waals surface area contributed by atoms with Gasteiger partial charge in [-0.05, 0) is 37.9 Å². The van der Waals surface area contributed by atoms with Crippen molar-refractivity contribution in [1.82, 2.24) is 10.3 Å². The molecule has 0 aliphatic rings. The third-order valence-electron chi connectivity index (χ3n) is 2.61. The van der Waals surface area contributed by atoms with E-state index < -0.39 is 0 Å². The van der Waals surface area contributed by atoms with E-state index in [1.807, 2.05) is 25.4 Å². The first kappa shape index (κ1) is 11.2. The minimum atomic E-state index is 0.594. The van der Waals surface area contributed by atoms with Crippen molar-refractivity contribution in [3.8, 4) is 0 Å². The lowest BCUT2D eigenvalue weighted by Crippen LogP contribution is -2.31. The van der Waals surface area contributed by atoms with Crippen molar-refractivity contribution in [3.63, 3.8) is 0 Å². The third kappa shape index (κ3) is 3.46. The van der Waals surface area contributed by atoms with E-state index in [9.17, 15) is 0 Å². The molecule has 1 unspecified atom stereocenters. The van der Waals surface area contributed by atoms with Gasteiger partial charge in [0.25, 0.3) is 0 Å². The van der Waals surface area contributed by atoms with E-state index in [0.29, 0.717) is 12.0 Å². The number of hydrogen-bond donors (Lipinski definition) is 1. The quantitative estimate of drug-likeness (QED) is 0.774. The van der Waals surface area contributed by atoms with Crippen molar-refractivity contribution < 1.29 is 0 Å². The van der Waals surface area contributed by atoms with Crippen molar-refractivity contribution in [1.29, 1.82) is 0 Å². The standard InChI is InChI=1S/C12H20N2/c1-10(2)12(13-3)8-7-11-6-4-5-9-14-11/h4-6,9-10,12-13H,7-8H2,1-3H3. The van der Waals surface area contributed by atoms with E-state index in [4.69, 9.17) is 0 Å². The Bertz CT molecular complexity index is 244. The van der Waals surface area contributed by atoms with E-state index in [0.717, 1.165) is 12.8 Å². The van der Waals surface area contributed by atoms with Gasteiger partial charge in [0.15, 0.2) is 0 Å². The number of aryl methyl sites for hydroxylation is 1. The fraction of sp³-hybridized carbons (Fsp3) is 0.583. The molecule has 0 aromatic carbocycles. The van der Waals surface area contributed by atoms with Crippen LogP contribution in [0.4, 0.5) is 0 Å². The highest BCUT2D eigenvalue weighted by molar-refractivity contribution is 5.03. The fourth-order valence-corrected chi connectivity index (χ4v) is 1.66. The first-order valence-corrected chi connectivity index (χ1v) is 5.31. The van der Waals surface area contributed by atoms with Crippen LogP contribution in [0.3, 0.4) is 0 Å². The number of aromatic nitrogens is 1. The molecule has 0 spiro atoms. The van der Waals surface area contributed by atoms with Gasteiger partial charge in [-0.15, -0.1) is 0 Å². The molecule has 0 saturated carbocycles. The van der Waals surface area contributed by atoms with Crippen LogP contribution in [0, 0.1) is 5.92 Å². The second-order valence-electron chi connectivity index (χ2n) is 4.00. The Morgan fingerprint density at radius 2 is 2.14 bits per heavy atom. The Morgan fingerprint density at radius 1 is 1.36 bits per heavy atom. The van der Waals surface area contributed by atoms with Crippen molar-refractivity contribution in [2.24, 2.45) is 5.92 Å². The van der Waals surface area contributed by atoms with Crippen LogP contribution < -0.4 is 5.32 Å². The number of pyridine rings is 1. The third-order valence-corrected chi connectivity index (χ3v) is 2.61. The normalized spacial score (nSPS) is 13.1. The summed E-state index contributed by atoms with van der Waals surface area (Å²) < 4.78 is 0. The number of hydrogen-bond acceptors (Lipinski definition) is 2. The Hall–Kier alpha value is -0.890. The Morgan fingerprint density at radius 3 is 2.64 bits per heavy atom. The topological polar surface area (TPSA) is 24.9 Å². The molecule has 0 radical (unpaired) electrons. The predicted molar refractivity (Wildman–Crippen MR) is 60.2 cm³/mol. The van der Waals surface area contributed by atoms with E-state index >= 15 is 0 Å². The van der Waals surface area contributed by atoms with Crippen LogP contribution in [-0.4, -0.2) is 18.1 Å². The summed E-state index contributed by atoms with van der Waals surface area (Å²) >= 11 is 0. The zero-order valence-electron chi connectivity index (χ0n) is 9.33. The molecule has 1 heterocycles. The monoisotopic (exact) mass is 192 g/mol. The van der Waals surface area contributed by atoms with Crippen LogP contribution in [0.25, 0.3) is 0 Å². The van der Waals surface area contributed by atoms with Gasteiger partial charge in [0.05, 0.1) is 0 Å². The summed E-state index contributed by atoms with van der Waals surface area (Å²) in [6, 6.07) is 6.69. The molecule has 0 aliphatic heterocycles. The summed E-state index contributed by atoms with van der Waals surface area (Å²) in [5.74, 6) is 0.684. The summed E-state index contributed by atoms with van der Waals surface area (Å²) in [4.78, 5) is 4.32. The molecule has 0 saturated heterocycles. The zero-order chi connectivity index (χ0) is 10.4. The second-order valence-corrected chi connectivity index (χ2v) is 4.00. The molecule has 0 fully saturated rings. The van der Waals surface area contributed by atoms with Crippen molar-refractivity contribution >= 4 is 0 Å². The highest BCUT2D eigenvalue weighted by Gasteiger charge is 2.10. The minimum Gasteiger partial charge on any atom is -0.317 e. The van der Waals surface area contributed by atoms with E-state index in [1.54, 1.807) is 0 Å². The molecule has 1 atom stereocenters. The number of rotatable bonds is 5. The van der Waals surface area contributed by atoms with Gasteiger partial charge in [-0.25, -0.2) is 0 Å². The number of nitrogens with one attached hydrogen (secondary N) is 1. The maximum absolute atomic E-state index is 4.32. The van der Waals surface area contributed by atoms with E-state index in [1.165, 1.54) is 5.69 Å². The lowest BCUT2D eigenvalue weighted by atomic mass is 9.98. The fourth-order valence-electron chi connectivity index (χ4n) is 1.66. The van der Waals surface area contributed by atoms with Crippen LogP contribution in [0.2, 0.25) is 0 Å². The summed E-state index contributed by atoms with van der Waals surface area (Å²) in [5.41, 5.74) is 1.19. The van der Waals surface area contributed by atoms with Gasteiger partial charge in [0, 0.05) is 17.9 Å². The molecule has 0 bridgehead atoms. The Labute approximate surface area is 86.8 Å². The molecule has 14 heavy (non-hydrogen) atoms. The van der Waals surface area contributed by atoms with Crippen LogP contribution in [0.15, 0.2) is 24.4 Å². The maximum Gasteiger partial charge on any atom is 0.0404 e. The largest absolute Gasteiger partial charge is 0.317 e. The predicted octanol–water partition coefficient (Wildman–Crippen LogP) is 2.26. The van der Waals surface area contributed by atoms with Gasteiger partial charge in [-0.2, -0.15) is 0 Å². The molecule has 1 aromatic heterocycles. The SMILES string of the molecule is CNC(CCc1ccccn1)C(C)C. The van der Waals surface area contributed by atoms with Crippen molar-refractivity contribution in [3.05, 3.63) is 30.1 Å². The van der Waals surface area contributed by atoms with Gasteiger partial charge in [-0.3, -0.25) is 4.98 Å². The smallest absolute Gasteiger partial charge is 0.0404 e. The van der Waals surface area contributed by atoms with E-state index in [-0.39, 0.29) is 0 Å². The molecular formula is C12H20N2. The Balaban J connectivity index is 2.40. The first-order chi connectivity index (χ1) is 6.74. The summed E-state index contributed by atoms with van der Waals surface area (Å²) in [5, 5.41) is 3.34. The summed E-state index contributed by atoms with van der Waals surface area (Å²) in [7, 11) is 2.03. The lowest BCUT2D eigenvalue weighted by Gasteiger charge is -2.19. The molecule has 1 aromatic rings. The highest BCUT2D eigenvalue weighted by atomic mass is 14.9. The molecule has 2 nitrogen and oxygen atoms in total. The van der Waals surface area contributed by atoms with Crippen LogP contribution in [-0.2, 0) is 6.42 Å². The van der Waals surface area contributed by atoms with Gasteiger partial charge in [-0.1, -0.05) is 19.9 Å². The van der Waals surface area contributed by atoms with Crippen molar-refractivity contribution in [2.45, 2.75) is 32.7 Å². The zero-order valence-corrected chi connectivity index (χ0v) is 9.33. The van der Waals surface area contributed by atoms with E-state index in [2.05, 4.69) is 30.2 Å². The molecule has 0 aliphatic carbocycles. The molecular weight excluding hydrogens is 172 g/mol. The first-order valence-electron chi connectivity index (χ1n) is 5.31. The van der Waals surface area contributed by atoms with Gasteiger partial charge in [0.2, 0.25) is 0 Å². The molecule has 1 rings (SSSR count). The lowest BCUT2D eigenvalue weighted by molar-refractivity contribution is 0.401. The molecule has 78 valence electrons. The van der Waals surface area contributed by atoms with Gasteiger partial charge in [0.1, 0.15) is 0 Å². The van der Waals surface area contributed by atoms with Crippen molar-refractivity contribution in [2.75, 3.05) is 7.05 Å². The van der Waals surface area contributed by atoms with Crippen LogP contribution >= 0.6 is 0 Å². The summed E-state index contributed by atoms with van der Waals surface area (Å²) in [6.07, 6.45) is 4.08. The molecule has 0 amide bonds. The second kappa shape index (κ2) is 5.76. The minimum absolute atomic E-state index is 0.594. The number of nitrogens with zero attached hydrogens (tertiary/aromatic N) is 1. The Kier molecular flexibility index (Phi) is 4.60. The average molecular weight is 192 g/mol. The van der Waals surface area contributed by atoms with Crippen LogP contribution in [0.5, 0.6) is 0 Å².